The summed E-state index contributed by atoms with van der Waals surface area (Å²) in [5, 5.41) is 4.54. The molecule has 0 spiro atoms. The first-order valence-corrected chi connectivity index (χ1v) is 8.10. The number of hydrogen-bond acceptors (Lipinski definition) is 5. The summed E-state index contributed by atoms with van der Waals surface area (Å²) in [6, 6.07) is 5.90. The highest BCUT2D eigenvalue weighted by Gasteiger charge is 2.15. The first-order valence-electron chi connectivity index (χ1n) is 7.31. The molecule has 9 heteroatoms. The minimum absolute atomic E-state index is 0.129. The fourth-order valence-electron chi connectivity index (χ4n) is 2.52. The lowest BCUT2D eigenvalue weighted by molar-refractivity contribution is 0.483. The van der Waals surface area contributed by atoms with Crippen LogP contribution < -0.4 is 5.56 Å². The number of hydrogen-bond donors (Lipinski definition) is 0. The lowest BCUT2D eigenvalue weighted by Gasteiger charge is -2.02. The molecule has 0 atom stereocenters. The van der Waals surface area contributed by atoms with Crippen LogP contribution in [0.5, 0.6) is 0 Å². The van der Waals surface area contributed by atoms with Crippen molar-refractivity contribution in [2.45, 2.75) is 6.54 Å². The molecule has 4 rings (SSSR count). The molecule has 0 saturated heterocycles. The standard InChI is InChI=1S/C16H11BrFN5O2/c1-22-15-13(14(17)21-22)16(24)23(8-20-15)7-12-19-6-11(25-12)9-2-4-10(18)5-3-9/h2-6,8H,7H2,1H3. The van der Waals surface area contributed by atoms with Gasteiger partial charge in [-0.05, 0) is 40.2 Å². The molecule has 126 valence electrons. The van der Waals surface area contributed by atoms with E-state index in [9.17, 15) is 9.18 Å². The topological polar surface area (TPSA) is 78.7 Å². The molecule has 0 fully saturated rings. The van der Waals surface area contributed by atoms with Gasteiger partial charge in [-0.15, -0.1) is 0 Å². The number of fused-ring (bicyclic) bond motifs is 1. The molecular weight excluding hydrogens is 393 g/mol. The van der Waals surface area contributed by atoms with Gasteiger partial charge in [0.2, 0.25) is 5.89 Å². The van der Waals surface area contributed by atoms with Gasteiger partial charge in [0.05, 0.1) is 6.20 Å². The van der Waals surface area contributed by atoms with Crippen molar-refractivity contribution in [3.05, 3.63) is 63.5 Å². The van der Waals surface area contributed by atoms with Gasteiger partial charge in [-0.25, -0.2) is 19.0 Å². The monoisotopic (exact) mass is 403 g/mol. The second kappa shape index (κ2) is 5.92. The van der Waals surface area contributed by atoms with Gasteiger partial charge in [-0.3, -0.25) is 9.36 Å². The van der Waals surface area contributed by atoms with E-state index in [1.807, 2.05) is 0 Å². The van der Waals surface area contributed by atoms with Gasteiger partial charge in [0, 0.05) is 12.6 Å². The molecule has 0 aliphatic carbocycles. The highest BCUT2D eigenvalue weighted by Crippen LogP contribution is 2.21. The van der Waals surface area contributed by atoms with Crippen molar-refractivity contribution in [2.24, 2.45) is 7.05 Å². The largest absolute Gasteiger partial charge is 0.439 e. The van der Waals surface area contributed by atoms with Gasteiger partial charge < -0.3 is 4.42 Å². The molecule has 7 nitrogen and oxygen atoms in total. The maximum absolute atomic E-state index is 13.0. The predicted molar refractivity (Wildman–Crippen MR) is 91.5 cm³/mol. The summed E-state index contributed by atoms with van der Waals surface area (Å²) in [6.07, 6.45) is 2.97. The molecule has 0 bridgehead atoms. The van der Waals surface area contributed by atoms with E-state index >= 15 is 0 Å². The van der Waals surface area contributed by atoms with E-state index in [1.54, 1.807) is 25.4 Å². The van der Waals surface area contributed by atoms with Crippen LogP contribution >= 0.6 is 15.9 Å². The summed E-state index contributed by atoms with van der Waals surface area (Å²) in [5.41, 5.74) is 0.954. The van der Waals surface area contributed by atoms with E-state index in [2.05, 4.69) is 31.0 Å². The Morgan fingerprint density at radius 3 is 2.76 bits per heavy atom. The second-order valence-electron chi connectivity index (χ2n) is 5.42. The number of aromatic nitrogens is 5. The van der Waals surface area contributed by atoms with Crippen molar-refractivity contribution in [3.8, 4) is 11.3 Å². The Morgan fingerprint density at radius 2 is 2.00 bits per heavy atom. The molecule has 1 aromatic carbocycles. The van der Waals surface area contributed by atoms with E-state index in [4.69, 9.17) is 4.42 Å². The van der Waals surface area contributed by atoms with Crippen LogP contribution in [0.2, 0.25) is 0 Å². The molecular formula is C16H11BrFN5O2. The Morgan fingerprint density at radius 1 is 1.24 bits per heavy atom. The van der Waals surface area contributed by atoms with Crippen molar-refractivity contribution in [2.75, 3.05) is 0 Å². The normalized spacial score (nSPS) is 11.3. The summed E-state index contributed by atoms with van der Waals surface area (Å²) in [4.78, 5) is 21.0. The maximum atomic E-state index is 13.0. The summed E-state index contributed by atoms with van der Waals surface area (Å²) in [5.74, 6) is 0.527. The minimum atomic E-state index is -0.323. The zero-order valence-electron chi connectivity index (χ0n) is 13.0. The molecule has 0 aliphatic rings. The summed E-state index contributed by atoms with van der Waals surface area (Å²) >= 11 is 3.27. The van der Waals surface area contributed by atoms with Crippen LogP contribution in [0.4, 0.5) is 4.39 Å². The molecule has 0 radical (unpaired) electrons. The van der Waals surface area contributed by atoms with Crippen molar-refractivity contribution in [3.63, 3.8) is 0 Å². The van der Waals surface area contributed by atoms with Gasteiger partial charge in [0.25, 0.3) is 5.56 Å². The molecule has 3 heterocycles. The second-order valence-corrected chi connectivity index (χ2v) is 6.17. The highest BCUT2D eigenvalue weighted by molar-refractivity contribution is 9.10. The Balaban J connectivity index is 1.68. The number of oxazole rings is 1. The van der Waals surface area contributed by atoms with E-state index in [0.717, 1.165) is 0 Å². The van der Waals surface area contributed by atoms with Crippen LogP contribution in [0.3, 0.4) is 0 Å². The van der Waals surface area contributed by atoms with E-state index in [1.165, 1.54) is 27.7 Å². The van der Waals surface area contributed by atoms with E-state index in [0.29, 0.717) is 32.9 Å². The predicted octanol–water partition coefficient (Wildman–Crippen LogP) is 2.73. The van der Waals surface area contributed by atoms with Crippen molar-refractivity contribution < 1.29 is 8.81 Å². The van der Waals surface area contributed by atoms with Gasteiger partial charge in [-0.1, -0.05) is 0 Å². The number of halogens is 2. The first kappa shape index (κ1) is 15.7. The third-order valence-electron chi connectivity index (χ3n) is 3.76. The molecule has 4 aromatic rings. The van der Waals surface area contributed by atoms with Crippen molar-refractivity contribution >= 4 is 27.0 Å². The molecule has 3 aromatic heterocycles. The molecule has 0 amide bonds. The number of benzene rings is 1. The average molecular weight is 404 g/mol. The van der Waals surface area contributed by atoms with Crippen LogP contribution in [0.1, 0.15) is 5.89 Å². The van der Waals surface area contributed by atoms with E-state index < -0.39 is 0 Å². The number of aryl methyl sites for hydroxylation is 1. The SMILES string of the molecule is Cn1nc(Br)c2c(=O)n(Cc3ncc(-c4ccc(F)cc4)o3)cnc21. The smallest absolute Gasteiger partial charge is 0.266 e. The van der Waals surface area contributed by atoms with Gasteiger partial charge in [-0.2, -0.15) is 5.10 Å². The lowest BCUT2D eigenvalue weighted by atomic mass is 10.2. The molecule has 0 saturated carbocycles. The minimum Gasteiger partial charge on any atom is -0.439 e. The number of rotatable bonds is 3. The fraction of sp³-hybridized carbons (Fsp3) is 0.125. The Hall–Kier alpha value is -2.81. The molecule has 25 heavy (non-hydrogen) atoms. The summed E-state index contributed by atoms with van der Waals surface area (Å²) in [6.45, 7) is 0.129. The van der Waals surface area contributed by atoms with Gasteiger partial charge in [0.1, 0.15) is 28.7 Å². The van der Waals surface area contributed by atoms with Gasteiger partial charge >= 0.3 is 0 Å². The third-order valence-corrected chi connectivity index (χ3v) is 4.31. The third kappa shape index (κ3) is 2.76. The molecule has 0 unspecified atom stereocenters. The first-order chi connectivity index (χ1) is 12.0. The highest BCUT2D eigenvalue weighted by atomic mass is 79.9. The van der Waals surface area contributed by atoms with Gasteiger partial charge in [0.15, 0.2) is 11.4 Å². The van der Waals surface area contributed by atoms with Crippen LogP contribution in [-0.2, 0) is 13.6 Å². The van der Waals surface area contributed by atoms with Crippen LogP contribution in [0, 0.1) is 5.82 Å². The summed E-state index contributed by atoms with van der Waals surface area (Å²) < 4.78 is 22.0. The van der Waals surface area contributed by atoms with E-state index in [-0.39, 0.29) is 17.9 Å². The van der Waals surface area contributed by atoms with Crippen molar-refractivity contribution in [1.82, 2.24) is 24.3 Å². The van der Waals surface area contributed by atoms with Crippen LogP contribution in [0.25, 0.3) is 22.4 Å². The Kier molecular flexibility index (Phi) is 3.72. The summed E-state index contributed by atoms with van der Waals surface area (Å²) in [7, 11) is 1.72. The Labute approximate surface area is 148 Å². The average Bonchev–Trinajstić information content (AvgIpc) is 3.16. The quantitative estimate of drug-likeness (QED) is 0.525. The fourth-order valence-corrected chi connectivity index (χ4v) is 3.11. The maximum Gasteiger partial charge on any atom is 0.266 e. The molecule has 0 aliphatic heterocycles. The van der Waals surface area contributed by atoms with Crippen LogP contribution in [0.15, 0.2) is 50.6 Å². The lowest BCUT2D eigenvalue weighted by Crippen LogP contribution is -2.21. The zero-order valence-corrected chi connectivity index (χ0v) is 14.6. The number of nitrogens with zero attached hydrogens (tertiary/aromatic N) is 5. The molecule has 0 N–H and O–H groups in total. The zero-order chi connectivity index (χ0) is 17.6. The van der Waals surface area contributed by atoms with Crippen LogP contribution in [-0.4, -0.2) is 24.3 Å². The van der Waals surface area contributed by atoms with Crippen molar-refractivity contribution in [1.29, 1.82) is 0 Å². The Bertz CT molecular complexity index is 1130.